The molecule has 2 rings (SSSR count). The van der Waals surface area contributed by atoms with E-state index in [4.69, 9.17) is 4.74 Å². The summed E-state index contributed by atoms with van der Waals surface area (Å²) >= 11 is 0. The predicted molar refractivity (Wildman–Crippen MR) is 93.4 cm³/mol. The molecule has 130 valence electrons. The molecular formula is C19H19NO5. The van der Waals surface area contributed by atoms with Crippen LogP contribution < -0.4 is 10.1 Å². The molecule has 1 atom stereocenters. The number of amides is 1. The van der Waals surface area contributed by atoms with Gasteiger partial charge in [0.25, 0.3) is 0 Å². The molecule has 1 amide bonds. The second-order valence-corrected chi connectivity index (χ2v) is 5.38. The molecule has 0 aliphatic carbocycles. The van der Waals surface area contributed by atoms with Crippen LogP contribution in [0.2, 0.25) is 0 Å². The molecule has 2 aromatic rings. The second kappa shape index (κ2) is 8.54. The van der Waals surface area contributed by atoms with Crippen molar-refractivity contribution in [1.82, 2.24) is 5.32 Å². The lowest BCUT2D eigenvalue weighted by molar-refractivity contribution is -0.141. The van der Waals surface area contributed by atoms with E-state index in [1.165, 1.54) is 18.2 Å². The average molecular weight is 341 g/mol. The molecule has 0 saturated heterocycles. The average Bonchev–Trinajstić information content (AvgIpc) is 2.61. The summed E-state index contributed by atoms with van der Waals surface area (Å²) < 4.78 is 5.06. The number of phenols is 1. The summed E-state index contributed by atoms with van der Waals surface area (Å²) in [5, 5.41) is 21.0. The van der Waals surface area contributed by atoms with Gasteiger partial charge in [0.1, 0.15) is 17.5 Å². The molecule has 0 fully saturated rings. The fourth-order valence-corrected chi connectivity index (χ4v) is 2.17. The number of aliphatic carboxylic acids is 1. The molecule has 0 aromatic heterocycles. The third kappa shape index (κ3) is 5.69. The maximum absolute atomic E-state index is 12.0. The van der Waals surface area contributed by atoms with Crippen molar-refractivity contribution in [3.63, 3.8) is 0 Å². The van der Waals surface area contributed by atoms with Crippen LogP contribution in [0.4, 0.5) is 0 Å². The molecule has 0 spiro atoms. The van der Waals surface area contributed by atoms with E-state index in [9.17, 15) is 19.8 Å². The topological polar surface area (TPSA) is 95.9 Å². The number of carboxylic acids is 1. The van der Waals surface area contributed by atoms with E-state index in [1.807, 2.05) is 0 Å². The van der Waals surface area contributed by atoms with E-state index in [2.05, 4.69) is 5.32 Å². The maximum Gasteiger partial charge on any atom is 0.326 e. The van der Waals surface area contributed by atoms with Gasteiger partial charge in [-0.1, -0.05) is 24.3 Å². The van der Waals surface area contributed by atoms with Crippen LogP contribution in [0.15, 0.2) is 54.6 Å². The van der Waals surface area contributed by atoms with Crippen molar-refractivity contribution < 1.29 is 24.5 Å². The molecule has 3 N–H and O–H groups in total. The molecule has 0 aliphatic heterocycles. The zero-order valence-corrected chi connectivity index (χ0v) is 13.7. The molecule has 6 nitrogen and oxygen atoms in total. The Kier molecular flexibility index (Phi) is 6.17. The van der Waals surface area contributed by atoms with Crippen molar-refractivity contribution in [2.45, 2.75) is 12.5 Å². The van der Waals surface area contributed by atoms with Gasteiger partial charge < -0.3 is 20.3 Å². The summed E-state index contributed by atoms with van der Waals surface area (Å²) in [5.41, 5.74) is 1.49. The second-order valence-electron chi connectivity index (χ2n) is 5.38. The number of methoxy groups -OCH3 is 1. The third-order valence-electron chi connectivity index (χ3n) is 3.53. The summed E-state index contributed by atoms with van der Waals surface area (Å²) in [6, 6.07) is 12.2. The molecule has 6 heteroatoms. The SMILES string of the molecule is COc1ccc(C[C@H](NC(=O)C=Cc2ccc(O)cc2)C(=O)O)cc1. The molecular weight excluding hydrogens is 322 g/mol. The fourth-order valence-electron chi connectivity index (χ4n) is 2.17. The normalized spacial score (nSPS) is 11.9. The van der Waals surface area contributed by atoms with Gasteiger partial charge >= 0.3 is 5.97 Å². The van der Waals surface area contributed by atoms with Crippen molar-refractivity contribution in [2.24, 2.45) is 0 Å². The van der Waals surface area contributed by atoms with Gasteiger partial charge in [0.2, 0.25) is 5.91 Å². The molecule has 0 bridgehead atoms. The molecule has 0 aliphatic rings. The third-order valence-corrected chi connectivity index (χ3v) is 3.53. The Labute approximate surface area is 145 Å². The standard InChI is InChI=1S/C19H19NO5/c1-25-16-9-4-14(5-10-16)12-17(19(23)24)20-18(22)11-6-13-2-7-15(21)8-3-13/h2-11,17,21H,12H2,1H3,(H,20,22)(H,23,24)/t17-/m0/s1. The Hall–Kier alpha value is -3.28. The van der Waals surface area contributed by atoms with Crippen LogP contribution >= 0.6 is 0 Å². The highest BCUT2D eigenvalue weighted by molar-refractivity contribution is 5.94. The quantitative estimate of drug-likeness (QED) is 0.671. The molecule has 0 unspecified atom stereocenters. The number of aromatic hydroxyl groups is 1. The summed E-state index contributed by atoms with van der Waals surface area (Å²) in [6.45, 7) is 0. The number of rotatable bonds is 7. The van der Waals surface area contributed by atoms with E-state index >= 15 is 0 Å². The van der Waals surface area contributed by atoms with Gasteiger partial charge in [0.05, 0.1) is 7.11 Å². The summed E-state index contributed by atoms with van der Waals surface area (Å²) in [6.07, 6.45) is 2.97. The molecule has 0 saturated carbocycles. The number of hydrogen-bond donors (Lipinski definition) is 3. The number of carbonyl (C=O) groups is 2. The first-order chi connectivity index (χ1) is 12.0. The van der Waals surface area contributed by atoms with Crippen LogP contribution in [-0.2, 0) is 16.0 Å². The zero-order chi connectivity index (χ0) is 18.2. The molecule has 25 heavy (non-hydrogen) atoms. The summed E-state index contributed by atoms with van der Waals surface area (Å²) in [5.74, 6) is -0.806. The highest BCUT2D eigenvalue weighted by Gasteiger charge is 2.19. The first kappa shape index (κ1) is 18.1. The lowest BCUT2D eigenvalue weighted by Crippen LogP contribution is -2.41. The van der Waals surface area contributed by atoms with E-state index in [1.54, 1.807) is 49.6 Å². The Bertz CT molecular complexity index is 750. The lowest BCUT2D eigenvalue weighted by atomic mass is 10.1. The van der Waals surface area contributed by atoms with E-state index < -0.39 is 17.9 Å². The minimum atomic E-state index is -1.11. The smallest absolute Gasteiger partial charge is 0.326 e. The van der Waals surface area contributed by atoms with Crippen LogP contribution in [0, 0.1) is 0 Å². The molecule has 0 radical (unpaired) electrons. The number of benzene rings is 2. The van der Waals surface area contributed by atoms with Gasteiger partial charge in [-0.3, -0.25) is 4.79 Å². The van der Waals surface area contributed by atoms with Crippen molar-refractivity contribution >= 4 is 18.0 Å². The van der Waals surface area contributed by atoms with Gasteiger partial charge in [-0.25, -0.2) is 4.79 Å². The number of carbonyl (C=O) groups excluding carboxylic acids is 1. The van der Waals surface area contributed by atoms with Gasteiger partial charge in [-0.15, -0.1) is 0 Å². The Morgan fingerprint density at radius 2 is 1.76 bits per heavy atom. The van der Waals surface area contributed by atoms with E-state index in [0.717, 1.165) is 11.1 Å². The van der Waals surface area contributed by atoms with Gasteiger partial charge in [0.15, 0.2) is 0 Å². The highest BCUT2D eigenvalue weighted by Crippen LogP contribution is 2.13. The highest BCUT2D eigenvalue weighted by atomic mass is 16.5. The van der Waals surface area contributed by atoms with Crippen LogP contribution in [0.1, 0.15) is 11.1 Å². The molecule has 2 aromatic carbocycles. The number of phenolic OH excluding ortho intramolecular Hbond substituents is 1. The number of ether oxygens (including phenoxy) is 1. The van der Waals surface area contributed by atoms with Crippen molar-refractivity contribution in [3.05, 3.63) is 65.7 Å². The van der Waals surface area contributed by atoms with Crippen molar-refractivity contribution in [3.8, 4) is 11.5 Å². The largest absolute Gasteiger partial charge is 0.508 e. The minimum Gasteiger partial charge on any atom is -0.508 e. The Morgan fingerprint density at radius 3 is 2.32 bits per heavy atom. The van der Waals surface area contributed by atoms with Crippen LogP contribution in [0.5, 0.6) is 11.5 Å². The monoisotopic (exact) mass is 341 g/mol. The van der Waals surface area contributed by atoms with Gasteiger partial charge in [-0.05, 0) is 41.5 Å². The van der Waals surface area contributed by atoms with Crippen LogP contribution in [0.25, 0.3) is 6.08 Å². The zero-order valence-electron chi connectivity index (χ0n) is 13.7. The number of nitrogens with one attached hydrogen (secondary N) is 1. The fraction of sp³-hybridized carbons (Fsp3) is 0.158. The van der Waals surface area contributed by atoms with Gasteiger partial charge in [-0.2, -0.15) is 0 Å². The Morgan fingerprint density at radius 1 is 1.12 bits per heavy atom. The van der Waals surface area contributed by atoms with E-state index in [-0.39, 0.29) is 12.2 Å². The predicted octanol–water partition coefficient (Wildman–Crippen LogP) is 2.23. The summed E-state index contributed by atoms with van der Waals surface area (Å²) in [7, 11) is 1.55. The maximum atomic E-state index is 12.0. The van der Waals surface area contributed by atoms with Gasteiger partial charge in [0, 0.05) is 12.5 Å². The number of carboxylic acid groups (broad SMARTS) is 1. The first-order valence-corrected chi connectivity index (χ1v) is 7.61. The van der Waals surface area contributed by atoms with Crippen LogP contribution in [-0.4, -0.2) is 35.2 Å². The van der Waals surface area contributed by atoms with Crippen molar-refractivity contribution in [1.29, 1.82) is 0 Å². The van der Waals surface area contributed by atoms with Crippen molar-refractivity contribution in [2.75, 3.05) is 7.11 Å². The summed E-state index contributed by atoms with van der Waals surface area (Å²) in [4.78, 5) is 23.3. The van der Waals surface area contributed by atoms with E-state index in [0.29, 0.717) is 5.75 Å². The minimum absolute atomic E-state index is 0.132. The van der Waals surface area contributed by atoms with Crippen LogP contribution in [0.3, 0.4) is 0 Å². The first-order valence-electron chi connectivity index (χ1n) is 7.61. The Balaban J connectivity index is 1.98. The number of hydrogen-bond acceptors (Lipinski definition) is 4. The lowest BCUT2D eigenvalue weighted by Gasteiger charge is -2.13. The molecule has 0 heterocycles.